The van der Waals surface area contributed by atoms with E-state index < -0.39 is 0 Å². The lowest BCUT2D eigenvalue weighted by atomic mass is 10.1. The molecule has 1 fully saturated rings. The molecule has 1 heterocycles. The number of nitrogens with one attached hydrogen (secondary N) is 3. The van der Waals surface area contributed by atoms with Crippen molar-refractivity contribution >= 4 is 29.9 Å². The normalized spacial score (nSPS) is 16.2. The molecule has 1 saturated heterocycles. The minimum Gasteiger partial charge on any atom is -0.497 e. The Morgan fingerprint density at radius 3 is 2.39 bits per heavy atom. The Morgan fingerprint density at radius 1 is 1.22 bits per heavy atom. The second kappa shape index (κ2) is 9.22. The third kappa shape index (κ3) is 5.61. The number of hydrogen-bond acceptors (Lipinski definition) is 5. The van der Waals surface area contributed by atoms with Crippen LogP contribution >= 0.6 is 12.4 Å². The van der Waals surface area contributed by atoms with Crippen molar-refractivity contribution in [2.24, 2.45) is 5.92 Å². The third-order valence-corrected chi connectivity index (χ3v) is 3.49. The van der Waals surface area contributed by atoms with Gasteiger partial charge in [0.05, 0.1) is 26.7 Å². The number of ether oxygens (including phenoxy) is 2. The molecule has 0 bridgehead atoms. The molecule has 1 atom stereocenters. The monoisotopic (exact) mass is 343 g/mol. The van der Waals surface area contributed by atoms with Crippen LogP contribution in [-0.4, -0.2) is 45.7 Å². The first-order valence-electron chi connectivity index (χ1n) is 7.13. The molecule has 8 heteroatoms. The Bertz CT molecular complexity index is 525. The molecule has 0 aromatic heterocycles. The van der Waals surface area contributed by atoms with Gasteiger partial charge < -0.3 is 25.4 Å². The number of carbonyl (C=O) groups excluding carboxylic acids is 2. The molecule has 3 N–H and O–H groups in total. The fourth-order valence-corrected chi connectivity index (χ4v) is 2.27. The summed E-state index contributed by atoms with van der Waals surface area (Å²) in [6.07, 6.45) is 0.806. The van der Waals surface area contributed by atoms with Gasteiger partial charge in [0.2, 0.25) is 11.8 Å². The summed E-state index contributed by atoms with van der Waals surface area (Å²) in [5.74, 6) is 0.717. The van der Waals surface area contributed by atoms with Crippen LogP contribution in [0.5, 0.6) is 11.5 Å². The van der Waals surface area contributed by atoms with Crippen LogP contribution in [-0.2, 0) is 9.59 Å². The van der Waals surface area contributed by atoms with E-state index in [4.69, 9.17) is 9.47 Å². The minimum atomic E-state index is -0.297. The van der Waals surface area contributed by atoms with E-state index in [1.807, 2.05) is 0 Å². The molecular weight excluding hydrogens is 322 g/mol. The van der Waals surface area contributed by atoms with E-state index in [2.05, 4.69) is 16.0 Å². The van der Waals surface area contributed by atoms with Gasteiger partial charge in [0, 0.05) is 30.4 Å². The number of hydrogen-bond donors (Lipinski definition) is 3. The third-order valence-electron chi connectivity index (χ3n) is 3.49. The molecule has 1 unspecified atom stereocenters. The van der Waals surface area contributed by atoms with Crippen LogP contribution in [0.3, 0.4) is 0 Å². The fourth-order valence-electron chi connectivity index (χ4n) is 2.27. The minimum absolute atomic E-state index is 0. The molecule has 2 rings (SSSR count). The van der Waals surface area contributed by atoms with E-state index in [-0.39, 0.29) is 36.7 Å². The van der Waals surface area contributed by atoms with E-state index in [0.29, 0.717) is 23.7 Å². The van der Waals surface area contributed by atoms with Gasteiger partial charge in [-0.05, 0) is 13.0 Å². The second-order valence-corrected chi connectivity index (χ2v) is 5.06. The Morgan fingerprint density at radius 2 is 1.87 bits per heavy atom. The van der Waals surface area contributed by atoms with E-state index in [1.165, 1.54) is 14.2 Å². The number of benzene rings is 1. The highest BCUT2D eigenvalue weighted by Gasteiger charge is 2.22. The molecule has 0 spiro atoms. The second-order valence-electron chi connectivity index (χ2n) is 5.06. The van der Waals surface area contributed by atoms with E-state index in [9.17, 15) is 9.59 Å². The summed E-state index contributed by atoms with van der Waals surface area (Å²) in [7, 11) is 3.08. The average Bonchev–Trinajstić information content (AvgIpc) is 3.06. The van der Waals surface area contributed by atoms with E-state index in [1.54, 1.807) is 18.2 Å². The highest BCUT2D eigenvalue weighted by atomic mass is 35.5. The molecule has 2 amide bonds. The fraction of sp³-hybridized carbons (Fsp3) is 0.467. The summed E-state index contributed by atoms with van der Waals surface area (Å²) in [6, 6.07) is 5.08. The van der Waals surface area contributed by atoms with Crippen LogP contribution in [0.4, 0.5) is 5.69 Å². The molecule has 0 radical (unpaired) electrons. The summed E-state index contributed by atoms with van der Waals surface area (Å²) in [4.78, 5) is 23.7. The molecule has 23 heavy (non-hydrogen) atoms. The average molecular weight is 344 g/mol. The Labute approximate surface area is 141 Å². The number of anilines is 1. The van der Waals surface area contributed by atoms with E-state index in [0.717, 1.165) is 13.0 Å². The van der Waals surface area contributed by atoms with Gasteiger partial charge in [0.1, 0.15) is 11.5 Å². The van der Waals surface area contributed by atoms with Gasteiger partial charge >= 0.3 is 0 Å². The van der Waals surface area contributed by atoms with Gasteiger partial charge in [-0.15, -0.1) is 12.4 Å². The van der Waals surface area contributed by atoms with Gasteiger partial charge in [-0.25, -0.2) is 0 Å². The van der Waals surface area contributed by atoms with Gasteiger partial charge in [-0.1, -0.05) is 0 Å². The van der Waals surface area contributed by atoms with Crippen molar-refractivity contribution in [3.8, 4) is 11.5 Å². The summed E-state index contributed by atoms with van der Waals surface area (Å²) in [6.45, 7) is 1.45. The first-order chi connectivity index (χ1) is 10.6. The maximum Gasteiger partial charge on any atom is 0.243 e. The standard InChI is InChI=1S/C15H21N3O4.ClH/c1-21-12-5-11(6-13(7-12)22-2)18-14(19)9-17-15(20)10-3-4-16-8-10;/h5-7,10,16H,3-4,8-9H2,1-2H3,(H,17,20)(H,18,19);1H. The number of rotatable bonds is 6. The Hall–Kier alpha value is -1.99. The first kappa shape index (κ1) is 19.1. The lowest BCUT2D eigenvalue weighted by molar-refractivity contribution is -0.126. The number of halogens is 1. The van der Waals surface area contributed by atoms with Crippen molar-refractivity contribution in [1.82, 2.24) is 10.6 Å². The largest absolute Gasteiger partial charge is 0.497 e. The molecular formula is C15H22ClN3O4. The zero-order valence-corrected chi connectivity index (χ0v) is 14.0. The Balaban J connectivity index is 0.00000264. The molecule has 1 aromatic rings. The zero-order chi connectivity index (χ0) is 15.9. The zero-order valence-electron chi connectivity index (χ0n) is 13.2. The van der Waals surface area contributed by atoms with Crippen molar-refractivity contribution in [1.29, 1.82) is 0 Å². The first-order valence-corrected chi connectivity index (χ1v) is 7.13. The van der Waals surface area contributed by atoms with Gasteiger partial charge in [0.15, 0.2) is 0 Å². The smallest absolute Gasteiger partial charge is 0.243 e. The topological polar surface area (TPSA) is 88.7 Å². The molecule has 128 valence electrons. The summed E-state index contributed by atoms with van der Waals surface area (Å²) in [5.41, 5.74) is 0.554. The van der Waals surface area contributed by atoms with Gasteiger partial charge in [-0.3, -0.25) is 9.59 Å². The Kier molecular flexibility index (Phi) is 7.64. The maximum absolute atomic E-state index is 11.9. The lowest BCUT2D eigenvalue weighted by Gasteiger charge is -2.12. The predicted molar refractivity (Wildman–Crippen MR) is 89.4 cm³/mol. The van der Waals surface area contributed by atoms with Crippen LogP contribution in [0, 0.1) is 5.92 Å². The highest BCUT2D eigenvalue weighted by Crippen LogP contribution is 2.25. The maximum atomic E-state index is 11.9. The van der Waals surface area contributed by atoms with Gasteiger partial charge in [-0.2, -0.15) is 0 Å². The SMILES string of the molecule is COc1cc(NC(=O)CNC(=O)C2CCNC2)cc(OC)c1.Cl. The summed E-state index contributed by atoms with van der Waals surface area (Å²) in [5, 5.41) is 8.47. The number of methoxy groups -OCH3 is 2. The van der Waals surface area contributed by atoms with Crippen LogP contribution in [0.25, 0.3) is 0 Å². The van der Waals surface area contributed by atoms with Gasteiger partial charge in [0.25, 0.3) is 0 Å². The molecule has 7 nitrogen and oxygen atoms in total. The van der Waals surface area contributed by atoms with E-state index >= 15 is 0 Å². The predicted octanol–water partition coefficient (Wildman–Crippen LogP) is 0.790. The van der Waals surface area contributed by atoms with Crippen molar-refractivity contribution in [2.45, 2.75) is 6.42 Å². The van der Waals surface area contributed by atoms with Crippen molar-refractivity contribution < 1.29 is 19.1 Å². The summed E-state index contributed by atoms with van der Waals surface area (Å²) < 4.78 is 10.3. The quantitative estimate of drug-likeness (QED) is 0.710. The molecule has 1 aliphatic rings. The van der Waals surface area contributed by atoms with Crippen molar-refractivity contribution in [3.05, 3.63) is 18.2 Å². The number of carbonyl (C=O) groups is 2. The summed E-state index contributed by atoms with van der Waals surface area (Å²) >= 11 is 0. The molecule has 1 aromatic carbocycles. The molecule has 1 aliphatic heterocycles. The molecule has 0 aliphatic carbocycles. The van der Waals surface area contributed by atoms with Crippen molar-refractivity contribution in [3.63, 3.8) is 0 Å². The molecule has 0 saturated carbocycles. The highest BCUT2D eigenvalue weighted by molar-refractivity contribution is 5.95. The lowest BCUT2D eigenvalue weighted by Crippen LogP contribution is -2.37. The van der Waals surface area contributed by atoms with Crippen LogP contribution in [0.15, 0.2) is 18.2 Å². The number of amides is 2. The van der Waals surface area contributed by atoms with Crippen LogP contribution < -0.4 is 25.4 Å². The van der Waals surface area contributed by atoms with Crippen LogP contribution in [0.2, 0.25) is 0 Å². The van der Waals surface area contributed by atoms with Crippen LogP contribution in [0.1, 0.15) is 6.42 Å². The van der Waals surface area contributed by atoms with Crippen molar-refractivity contribution in [2.75, 3.05) is 39.2 Å².